The van der Waals surface area contributed by atoms with Gasteiger partial charge >= 0.3 is 0 Å². The molecular formula is C13H23N3O4S3. The zero-order valence-electron chi connectivity index (χ0n) is 13.6. The Morgan fingerprint density at radius 2 is 1.65 bits per heavy atom. The lowest BCUT2D eigenvalue weighted by molar-refractivity contribution is 0.604. The van der Waals surface area contributed by atoms with E-state index in [1.165, 1.54) is 17.8 Å². The van der Waals surface area contributed by atoms with Crippen LogP contribution in [-0.4, -0.2) is 47.7 Å². The average molecular weight is 382 g/mol. The molecule has 0 heterocycles. The maximum atomic E-state index is 11.4. The molecule has 1 aromatic rings. The van der Waals surface area contributed by atoms with Crippen LogP contribution >= 0.6 is 11.8 Å². The highest BCUT2D eigenvalue weighted by molar-refractivity contribution is 7.99. The molecule has 0 aliphatic rings. The molecule has 0 fully saturated rings. The summed E-state index contributed by atoms with van der Waals surface area (Å²) in [7, 11) is -6.80. The van der Waals surface area contributed by atoms with Crippen LogP contribution in [0.1, 0.15) is 13.8 Å². The largest absolute Gasteiger partial charge is 0.314 e. The summed E-state index contributed by atoms with van der Waals surface area (Å²) in [6.07, 6.45) is 2.14. The van der Waals surface area contributed by atoms with E-state index >= 15 is 0 Å². The lowest BCUT2D eigenvalue weighted by Gasteiger charge is -2.14. The van der Waals surface area contributed by atoms with Gasteiger partial charge in [0.25, 0.3) is 0 Å². The van der Waals surface area contributed by atoms with Crippen molar-refractivity contribution in [3.63, 3.8) is 0 Å². The molecular weight excluding hydrogens is 358 g/mol. The third kappa shape index (κ3) is 9.04. The SMILES string of the molecule is CC(C)NCCSc1cc(NS(C)(=O)=O)ccc1NS(C)(=O)=O. The van der Waals surface area contributed by atoms with E-state index in [4.69, 9.17) is 0 Å². The molecule has 1 rings (SSSR count). The number of anilines is 2. The number of hydrogen-bond donors (Lipinski definition) is 3. The molecule has 3 N–H and O–H groups in total. The minimum atomic E-state index is -3.41. The van der Waals surface area contributed by atoms with Gasteiger partial charge in [0.15, 0.2) is 0 Å². The molecule has 132 valence electrons. The summed E-state index contributed by atoms with van der Waals surface area (Å²) in [5.74, 6) is 0.721. The summed E-state index contributed by atoms with van der Waals surface area (Å²) in [4.78, 5) is 0.662. The van der Waals surface area contributed by atoms with Crippen LogP contribution in [-0.2, 0) is 20.0 Å². The zero-order chi connectivity index (χ0) is 17.7. The van der Waals surface area contributed by atoms with Gasteiger partial charge in [-0.2, -0.15) is 0 Å². The highest BCUT2D eigenvalue weighted by Gasteiger charge is 2.11. The fraction of sp³-hybridized carbons (Fsp3) is 0.538. The van der Waals surface area contributed by atoms with Crippen molar-refractivity contribution in [3.05, 3.63) is 18.2 Å². The van der Waals surface area contributed by atoms with Crippen LogP contribution in [0.25, 0.3) is 0 Å². The van der Waals surface area contributed by atoms with Gasteiger partial charge in [-0.3, -0.25) is 9.44 Å². The van der Waals surface area contributed by atoms with Crippen molar-refractivity contribution in [1.82, 2.24) is 5.32 Å². The predicted molar refractivity (Wildman–Crippen MR) is 97.2 cm³/mol. The van der Waals surface area contributed by atoms with Crippen molar-refractivity contribution in [2.75, 3.05) is 34.3 Å². The first-order valence-electron chi connectivity index (χ1n) is 6.92. The van der Waals surface area contributed by atoms with Crippen molar-refractivity contribution in [1.29, 1.82) is 0 Å². The Labute approximate surface area is 142 Å². The average Bonchev–Trinajstić information content (AvgIpc) is 2.33. The molecule has 0 bridgehead atoms. The number of nitrogens with one attached hydrogen (secondary N) is 3. The molecule has 0 saturated carbocycles. The standard InChI is InChI=1S/C13H23N3O4S3/c1-10(2)14-7-8-21-13-9-11(15-22(3,17)18)5-6-12(13)16-23(4,19)20/h5-6,9-10,14-16H,7-8H2,1-4H3. The topological polar surface area (TPSA) is 104 Å². The van der Waals surface area contributed by atoms with E-state index < -0.39 is 20.0 Å². The summed E-state index contributed by atoms with van der Waals surface area (Å²) < 4.78 is 50.4. The van der Waals surface area contributed by atoms with Crippen LogP contribution in [0, 0.1) is 0 Å². The van der Waals surface area contributed by atoms with Gasteiger partial charge in [0, 0.05) is 28.9 Å². The Morgan fingerprint density at radius 1 is 1.04 bits per heavy atom. The monoisotopic (exact) mass is 381 g/mol. The molecule has 0 radical (unpaired) electrons. The number of hydrogen-bond acceptors (Lipinski definition) is 6. The fourth-order valence-corrected chi connectivity index (χ4v) is 3.83. The summed E-state index contributed by atoms with van der Waals surface area (Å²) in [5.41, 5.74) is 0.826. The van der Waals surface area contributed by atoms with E-state index in [9.17, 15) is 16.8 Å². The molecule has 23 heavy (non-hydrogen) atoms. The van der Waals surface area contributed by atoms with E-state index in [-0.39, 0.29) is 0 Å². The van der Waals surface area contributed by atoms with Gasteiger partial charge in [0.05, 0.1) is 18.2 Å². The molecule has 0 aliphatic heterocycles. The molecule has 0 amide bonds. The third-order valence-corrected chi connectivity index (χ3v) is 4.75. The normalized spacial score (nSPS) is 12.4. The van der Waals surface area contributed by atoms with E-state index in [1.54, 1.807) is 12.1 Å². The lowest BCUT2D eigenvalue weighted by Crippen LogP contribution is -2.25. The van der Waals surface area contributed by atoms with E-state index in [2.05, 4.69) is 14.8 Å². The molecule has 0 atom stereocenters. The van der Waals surface area contributed by atoms with Crippen LogP contribution in [0.5, 0.6) is 0 Å². The van der Waals surface area contributed by atoms with Crippen LogP contribution < -0.4 is 14.8 Å². The van der Waals surface area contributed by atoms with E-state index in [0.717, 1.165) is 24.8 Å². The summed E-state index contributed by atoms with van der Waals surface area (Å²) in [5, 5.41) is 3.27. The Morgan fingerprint density at radius 3 is 2.17 bits per heavy atom. The first-order valence-corrected chi connectivity index (χ1v) is 11.7. The van der Waals surface area contributed by atoms with Gasteiger partial charge in [0.1, 0.15) is 0 Å². The Balaban J connectivity index is 2.96. The Hall–Kier alpha value is -0.970. The van der Waals surface area contributed by atoms with Crippen molar-refractivity contribution >= 4 is 43.2 Å². The van der Waals surface area contributed by atoms with Gasteiger partial charge < -0.3 is 5.32 Å². The smallest absolute Gasteiger partial charge is 0.229 e. The molecule has 10 heteroatoms. The predicted octanol–water partition coefficient (Wildman–Crippen LogP) is 1.52. The first kappa shape index (κ1) is 20.1. The lowest BCUT2D eigenvalue weighted by atomic mass is 10.3. The Bertz CT molecular complexity index is 731. The van der Waals surface area contributed by atoms with Crippen molar-refractivity contribution < 1.29 is 16.8 Å². The molecule has 0 saturated heterocycles. The second kappa shape index (κ2) is 8.22. The number of rotatable bonds is 9. The minimum absolute atomic E-state index is 0.363. The van der Waals surface area contributed by atoms with Gasteiger partial charge in [-0.05, 0) is 18.2 Å². The van der Waals surface area contributed by atoms with Crippen molar-refractivity contribution in [2.45, 2.75) is 24.8 Å². The maximum absolute atomic E-state index is 11.4. The van der Waals surface area contributed by atoms with Gasteiger partial charge in [-0.15, -0.1) is 11.8 Å². The third-order valence-electron chi connectivity index (χ3n) is 2.49. The first-order chi connectivity index (χ1) is 10.5. The zero-order valence-corrected chi connectivity index (χ0v) is 16.0. The second-order valence-electron chi connectivity index (χ2n) is 5.42. The molecule has 0 spiro atoms. The summed E-state index contributed by atoms with van der Waals surface area (Å²) in [6.45, 7) is 4.83. The highest BCUT2D eigenvalue weighted by Crippen LogP contribution is 2.31. The van der Waals surface area contributed by atoms with Gasteiger partial charge in [0.2, 0.25) is 20.0 Å². The summed E-state index contributed by atoms with van der Waals surface area (Å²) >= 11 is 1.45. The number of sulfonamides is 2. The van der Waals surface area contributed by atoms with E-state index in [1.807, 2.05) is 13.8 Å². The quantitative estimate of drug-likeness (QED) is 0.442. The molecule has 1 aromatic carbocycles. The molecule has 0 aromatic heterocycles. The van der Waals surface area contributed by atoms with Crippen LogP contribution in [0.15, 0.2) is 23.1 Å². The van der Waals surface area contributed by atoms with Crippen LogP contribution in [0.2, 0.25) is 0 Å². The van der Waals surface area contributed by atoms with Gasteiger partial charge in [-0.25, -0.2) is 16.8 Å². The van der Waals surface area contributed by atoms with Crippen LogP contribution in [0.3, 0.4) is 0 Å². The molecule has 0 aliphatic carbocycles. The highest BCUT2D eigenvalue weighted by atomic mass is 32.2. The van der Waals surface area contributed by atoms with Crippen molar-refractivity contribution in [2.24, 2.45) is 0 Å². The van der Waals surface area contributed by atoms with Crippen LogP contribution in [0.4, 0.5) is 11.4 Å². The summed E-state index contributed by atoms with van der Waals surface area (Å²) in [6, 6.07) is 5.05. The van der Waals surface area contributed by atoms with Crippen molar-refractivity contribution in [3.8, 4) is 0 Å². The second-order valence-corrected chi connectivity index (χ2v) is 10.1. The minimum Gasteiger partial charge on any atom is -0.314 e. The number of benzene rings is 1. The Kier molecular flexibility index (Phi) is 7.18. The fourth-order valence-electron chi connectivity index (χ4n) is 1.71. The molecule has 0 unspecified atom stereocenters. The van der Waals surface area contributed by atoms with E-state index in [0.29, 0.717) is 22.3 Å². The van der Waals surface area contributed by atoms with Gasteiger partial charge in [-0.1, -0.05) is 13.8 Å². The maximum Gasteiger partial charge on any atom is 0.229 e. The number of thioether (sulfide) groups is 1. The molecule has 7 nitrogen and oxygen atoms in total.